The van der Waals surface area contributed by atoms with Crippen LogP contribution < -0.4 is 5.32 Å². The molecule has 0 spiro atoms. The highest BCUT2D eigenvalue weighted by Gasteiger charge is 2.09. The zero-order valence-electron chi connectivity index (χ0n) is 10.7. The van der Waals surface area contributed by atoms with Crippen LogP contribution in [-0.4, -0.2) is 17.5 Å². The Morgan fingerprint density at radius 2 is 2.28 bits per heavy atom. The molecule has 4 nitrogen and oxygen atoms in total. The van der Waals surface area contributed by atoms with Crippen LogP contribution in [0.1, 0.15) is 26.3 Å². The van der Waals surface area contributed by atoms with Crippen molar-refractivity contribution in [1.82, 2.24) is 5.32 Å². The SMILES string of the molecule is CCNC(C)/C(C)=C/c1cc([N+](=O)[O-])ccc1Cl. The molecule has 0 aliphatic heterocycles. The van der Waals surface area contributed by atoms with Gasteiger partial charge in [0.2, 0.25) is 0 Å². The molecule has 0 radical (unpaired) electrons. The lowest BCUT2D eigenvalue weighted by atomic mass is 10.1. The first-order valence-electron chi connectivity index (χ1n) is 5.81. The van der Waals surface area contributed by atoms with Gasteiger partial charge in [0, 0.05) is 23.2 Å². The molecule has 0 saturated carbocycles. The predicted molar refractivity (Wildman–Crippen MR) is 74.9 cm³/mol. The van der Waals surface area contributed by atoms with Crippen molar-refractivity contribution in [3.63, 3.8) is 0 Å². The van der Waals surface area contributed by atoms with Gasteiger partial charge in [-0.3, -0.25) is 10.1 Å². The van der Waals surface area contributed by atoms with Crippen LogP contribution in [0.15, 0.2) is 23.8 Å². The molecule has 5 heteroatoms. The molecule has 0 heterocycles. The van der Waals surface area contributed by atoms with Gasteiger partial charge in [0.1, 0.15) is 0 Å². The fraction of sp³-hybridized carbons (Fsp3) is 0.385. The molecule has 98 valence electrons. The number of benzene rings is 1. The largest absolute Gasteiger partial charge is 0.311 e. The number of non-ortho nitro benzene ring substituents is 1. The highest BCUT2D eigenvalue weighted by Crippen LogP contribution is 2.24. The molecule has 0 amide bonds. The van der Waals surface area contributed by atoms with Gasteiger partial charge in [0.25, 0.3) is 5.69 Å². The van der Waals surface area contributed by atoms with Crippen LogP contribution in [0.3, 0.4) is 0 Å². The molecule has 18 heavy (non-hydrogen) atoms. The summed E-state index contributed by atoms with van der Waals surface area (Å²) in [5.41, 5.74) is 1.81. The van der Waals surface area contributed by atoms with E-state index in [2.05, 4.69) is 5.32 Å². The van der Waals surface area contributed by atoms with E-state index in [4.69, 9.17) is 11.6 Å². The number of hydrogen-bond donors (Lipinski definition) is 1. The summed E-state index contributed by atoms with van der Waals surface area (Å²) in [7, 11) is 0. The Morgan fingerprint density at radius 1 is 1.61 bits per heavy atom. The van der Waals surface area contributed by atoms with Crippen molar-refractivity contribution in [2.75, 3.05) is 6.54 Å². The molecule has 1 aromatic carbocycles. The maximum Gasteiger partial charge on any atom is 0.270 e. The molecule has 1 rings (SSSR count). The highest BCUT2D eigenvalue weighted by atomic mass is 35.5. The smallest absolute Gasteiger partial charge is 0.270 e. The van der Waals surface area contributed by atoms with E-state index in [1.165, 1.54) is 12.1 Å². The van der Waals surface area contributed by atoms with E-state index in [1.54, 1.807) is 6.07 Å². The van der Waals surface area contributed by atoms with Crippen LogP contribution in [-0.2, 0) is 0 Å². The van der Waals surface area contributed by atoms with Gasteiger partial charge in [-0.2, -0.15) is 0 Å². The molecule has 0 aromatic heterocycles. The normalized spacial score (nSPS) is 13.4. The van der Waals surface area contributed by atoms with E-state index in [-0.39, 0.29) is 11.7 Å². The summed E-state index contributed by atoms with van der Waals surface area (Å²) in [6.07, 6.45) is 1.88. The molecule has 1 unspecified atom stereocenters. The number of nitro benzene ring substituents is 1. The van der Waals surface area contributed by atoms with Crippen molar-refractivity contribution in [1.29, 1.82) is 0 Å². The summed E-state index contributed by atoms with van der Waals surface area (Å²) < 4.78 is 0. The first-order chi connectivity index (χ1) is 8.45. The van der Waals surface area contributed by atoms with Gasteiger partial charge in [-0.05, 0) is 32.0 Å². The Bertz CT molecular complexity index is 472. The second kappa shape index (κ2) is 6.52. The fourth-order valence-electron chi connectivity index (χ4n) is 1.59. The summed E-state index contributed by atoms with van der Waals surface area (Å²) >= 11 is 6.04. The minimum absolute atomic E-state index is 0.0505. The van der Waals surface area contributed by atoms with Gasteiger partial charge in [-0.1, -0.05) is 30.2 Å². The second-order valence-corrected chi connectivity index (χ2v) is 4.54. The minimum atomic E-state index is -0.420. The predicted octanol–water partition coefficient (Wildman–Crippen LogP) is 3.65. The maximum atomic E-state index is 10.7. The molecule has 1 atom stereocenters. The van der Waals surface area contributed by atoms with Crippen LogP contribution in [0.5, 0.6) is 0 Å². The topological polar surface area (TPSA) is 55.2 Å². The summed E-state index contributed by atoms with van der Waals surface area (Å²) in [6, 6.07) is 4.66. The van der Waals surface area contributed by atoms with Gasteiger partial charge in [0.05, 0.1) is 4.92 Å². The second-order valence-electron chi connectivity index (χ2n) is 4.13. The Labute approximate surface area is 112 Å². The van der Waals surface area contributed by atoms with Gasteiger partial charge in [-0.15, -0.1) is 0 Å². The Balaban J connectivity index is 3.05. The zero-order chi connectivity index (χ0) is 13.7. The summed E-state index contributed by atoms with van der Waals surface area (Å²) in [5, 5.41) is 14.5. The maximum absolute atomic E-state index is 10.7. The van der Waals surface area contributed by atoms with E-state index in [0.717, 1.165) is 12.1 Å². The van der Waals surface area contributed by atoms with Crippen LogP contribution in [0, 0.1) is 10.1 Å². The van der Waals surface area contributed by atoms with Crippen LogP contribution >= 0.6 is 11.6 Å². The van der Waals surface area contributed by atoms with Gasteiger partial charge >= 0.3 is 0 Å². The lowest BCUT2D eigenvalue weighted by Gasteiger charge is -2.13. The molecule has 0 aliphatic rings. The molecule has 0 saturated heterocycles. The molecular weight excluding hydrogens is 252 g/mol. The van der Waals surface area contributed by atoms with E-state index >= 15 is 0 Å². The van der Waals surface area contributed by atoms with Gasteiger partial charge in [-0.25, -0.2) is 0 Å². The molecule has 0 bridgehead atoms. The molecule has 0 aliphatic carbocycles. The summed E-state index contributed by atoms with van der Waals surface area (Å²) in [6.45, 7) is 6.92. The first kappa shape index (κ1) is 14.7. The standard InChI is InChI=1S/C13H17ClN2O2/c1-4-15-10(3)9(2)7-11-8-12(16(17)18)5-6-13(11)14/h5-8,10,15H,4H2,1-3H3/b9-7+. The van der Waals surface area contributed by atoms with Crippen molar-refractivity contribution in [3.8, 4) is 0 Å². The number of halogens is 1. The average Bonchev–Trinajstić information content (AvgIpc) is 2.31. The lowest BCUT2D eigenvalue weighted by Crippen LogP contribution is -2.26. The lowest BCUT2D eigenvalue weighted by molar-refractivity contribution is -0.384. The molecule has 1 N–H and O–H groups in total. The summed E-state index contributed by atoms with van der Waals surface area (Å²) in [4.78, 5) is 10.3. The monoisotopic (exact) mass is 268 g/mol. The number of nitro groups is 1. The number of likely N-dealkylation sites (N-methyl/N-ethyl adjacent to an activating group) is 1. The van der Waals surface area contributed by atoms with Crippen LogP contribution in [0.4, 0.5) is 5.69 Å². The number of nitrogens with zero attached hydrogens (tertiary/aromatic N) is 1. The average molecular weight is 269 g/mol. The van der Waals surface area contributed by atoms with E-state index in [9.17, 15) is 10.1 Å². The Morgan fingerprint density at radius 3 is 2.83 bits per heavy atom. The fourth-order valence-corrected chi connectivity index (χ4v) is 1.76. The Hall–Kier alpha value is -1.39. The Kier molecular flexibility index (Phi) is 5.31. The van der Waals surface area contributed by atoms with E-state index in [0.29, 0.717) is 10.6 Å². The van der Waals surface area contributed by atoms with Gasteiger partial charge in [0.15, 0.2) is 0 Å². The van der Waals surface area contributed by atoms with Crippen molar-refractivity contribution >= 4 is 23.4 Å². The first-order valence-corrected chi connectivity index (χ1v) is 6.19. The molecular formula is C13H17ClN2O2. The highest BCUT2D eigenvalue weighted by molar-refractivity contribution is 6.32. The van der Waals surface area contributed by atoms with E-state index < -0.39 is 4.92 Å². The van der Waals surface area contributed by atoms with Crippen molar-refractivity contribution in [2.24, 2.45) is 0 Å². The summed E-state index contributed by atoms with van der Waals surface area (Å²) in [5.74, 6) is 0. The molecule has 1 aromatic rings. The number of nitrogens with one attached hydrogen (secondary N) is 1. The number of hydrogen-bond acceptors (Lipinski definition) is 3. The minimum Gasteiger partial charge on any atom is -0.311 e. The van der Waals surface area contributed by atoms with Crippen LogP contribution in [0.2, 0.25) is 5.02 Å². The zero-order valence-corrected chi connectivity index (χ0v) is 11.5. The third-order valence-corrected chi connectivity index (χ3v) is 3.11. The molecule has 0 fully saturated rings. The van der Waals surface area contributed by atoms with Gasteiger partial charge < -0.3 is 5.32 Å². The van der Waals surface area contributed by atoms with E-state index in [1.807, 2.05) is 26.8 Å². The van der Waals surface area contributed by atoms with Crippen molar-refractivity contribution in [2.45, 2.75) is 26.8 Å². The third-order valence-electron chi connectivity index (χ3n) is 2.77. The van der Waals surface area contributed by atoms with Crippen LogP contribution in [0.25, 0.3) is 6.08 Å². The van der Waals surface area contributed by atoms with Crippen molar-refractivity contribution in [3.05, 3.63) is 44.5 Å². The van der Waals surface area contributed by atoms with Crippen molar-refractivity contribution < 1.29 is 4.92 Å². The third kappa shape index (κ3) is 3.82. The quantitative estimate of drug-likeness (QED) is 0.655. The number of rotatable bonds is 5.